The molecule has 0 heterocycles. The van der Waals surface area contributed by atoms with Crippen LogP contribution in [0.25, 0.3) is 0 Å². The van der Waals surface area contributed by atoms with Crippen LogP contribution in [-0.4, -0.2) is 57.1 Å². The molecule has 0 spiro atoms. The van der Waals surface area contributed by atoms with Crippen LogP contribution in [0.2, 0.25) is 5.02 Å². The quantitative estimate of drug-likeness (QED) is 0.359. The zero-order valence-electron chi connectivity index (χ0n) is 21.7. The largest absolute Gasteiger partial charge is 0.354 e. The van der Waals surface area contributed by atoms with Gasteiger partial charge in [0.05, 0.1) is 11.9 Å². The van der Waals surface area contributed by atoms with Crippen LogP contribution in [0.1, 0.15) is 50.7 Å². The number of unbranched alkanes of at least 4 members (excludes halogenated alkanes) is 1. The number of aryl methyl sites for hydroxylation is 1. The fourth-order valence-electron chi connectivity index (χ4n) is 3.94. The normalized spacial score (nSPS) is 12.1. The zero-order valence-corrected chi connectivity index (χ0v) is 23.2. The number of hydrogen-bond acceptors (Lipinski definition) is 4. The van der Waals surface area contributed by atoms with Crippen molar-refractivity contribution in [3.63, 3.8) is 0 Å². The monoisotopic (exact) mass is 535 g/mol. The molecule has 0 aromatic heterocycles. The third-order valence-corrected chi connectivity index (χ3v) is 7.49. The first-order valence-corrected chi connectivity index (χ1v) is 14.6. The lowest BCUT2D eigenvalue weighted by molar-refractivity contribution is -0.139. The van der Waals surface area contributed by atoms with Gasteiger partial charge in [0.25, 0.3) is 0 Å². The maximum atomic E-state index is 13.3. The van der Waals surface area contributed by atoms with Gasteiger partial charge in [-0.25, -0.2) is 8.42 Å². The minimum absolute atomic E-state index is 0.118. The number of anilines is 1. The molecule has 1 unspecified atom stereocenters. The number of sulfonamides is 1. The van der Waals surface area contributed by atoms with Crippen molar-refractivity contribution in [2.24, 2.45) is 0 Å². The molecule has 36 heavy (non-hydrogen) atoms. The lowest BCUT2D eigenvalue weighted by Gasteiger charge is -2.29. The third kappa shape index (κ3) is 9.13. The first kappa shape index (κ1) is 29.6. The van der Waals surface area contributed by atoms with E-state index in [1.165, 1.54) is 4.31 Å². The Morgan fingerprint density at radius 2 is 1.75 bits per heavy atom. The number of carbonyl (C=O) groups excluding carboxylic acids is 2. The summed E-state index contributed by atoms with van der Waals surface area (Å²) in [5, 5.41) is 3.35. The van der Waals surface area contributed by atoms with Gasteiger partial charge < -0.3 is 10.2 Å². The number of benzene rings is 2. The molecule has 0 saturated heterocycles. The minimum atomic E-state index is -3.58. The molecule has 2 amide bonds. The van der Waals surface area contributed by atoms with Crippen LogP contribution in [0.3, 0.4) is 0 Å². The Hall–Kier alpha value is -2.58. The van der Waals surface area contributed by atoms with Crippen molar-refractivity contribution in [2.45, 2.75) is 58.9 Å². The summed E-state index contributed by atoms with van der Waals surface area (Å²) in [4.78, 5) is 27.6. The number of hydrogen-bond donors (Lipinski definition) is 1. The summed E-state index contributed by atoms with van der Waals surface area (Å²) >= 11 is 6.11. The van der Waals surface area contributed by atoms with Crippen molar-refractivity contribution in [1.29, 1.82) is 0 Å². The number of rotatable bonds is 14. The van der Waals surface area contributed by atoms with E-state index in [9.17, 15) is 18.0 Å². The highest BCUT2D eigenvalue weighted by Crippen LogP contribution is 2.26. The summed E-state index contributed by atoms with van der Waals surface area (Å²) in [5.74, 6) is -0.363. The molecule has 0 aliphatic rings. The van der Waals surface area contributed by atoms with Gasteiger partial charge in [0.15, 0.2) is 0 Å². The molecule has 0 radical (unpaired) electrons. The maximum absolute atomic E-state index is 13.3. The van der Waals surface area contributed by atoms with Crippen LogP contribution < -0.4 is 9.62 Å². The Morgan fingerprint density at radius 1 is 1.06 bits per heavy atom. The molecule has 0 aliphatic heterocycles. The molecule has 2 aromatic carbocycles. The lowest BCUT2D eigenvalue weighted by Crippen LogP contribution is -2.49. The first-order valence-electron chi connectivity index (χ1n) is 12.4. The van der Waals surface area contributed by atoms with E-state index in [4.69, 9.17) is 11.6 Å². The summed E-state index contributed by atoms with van der Waals surface area (Å²) in [6.45, 7) is 6.71. The van der Waals surface area contributed by atoms with E-state index in [1.807, 2.05) is 37.3 Å². The first-order chi connectivity index (χ1) is 17.0. The van der Waals surface area contributed by atoms with Crippen LogP contribution in [0.4, 0.5) is 5.69 Å². The van der Waals surface area contributed by atoms with Gasteiger partial charge in [-0.3, -0.25) is 13.9 Å². The van der Waals surface area contributed by atoms with Crippen molar-refractivity contribution in [1.82, 2.24) is 10.2 Å². The molecular weight excluding hydrogens is 498 g/mol. The van der Waals surface area contributed by atoms with Gasteiger partial charge in [-0.2, -0.15) is 0 Å². The molecule has 0 aliphatic carbocycles. The molecule has 0 saturated carbocycles. The van der Waals surface area contributed by atoms with E-state index in [0.717, 1.165) is 30.2 Å². The van der Waals surface area contributed by atoms with Crippen LogP contribution in [0, 0.1) is 6.92 Å². The number of nitrogens with zero attached hydrogens (tertiary/aromatic N) is 2. The van der Waals surface area contributed by atoms with Crippen LogP contribution in [0.5, 0.6) is 0 Å². The van der Waals surface area contributed by atoms with E-state index in [0.29, 0.717) is 36.6 Å². The van der Waals surface area contributed by atoms with Crippen molar-refractivity contribution in [3.8, 4) is 0 Å². The summed E-state index contributed by atoms with van der Waals surface area (Å²) in [6.07, 6.45) is 4.03. The second-order valence-corrected chi connectivity index (χ2v) is 11.4. The number of amides is 2. The minimum Gasteiger partial charge on any atom is -0.354 e. The number of carbonyl (C=O) groups is 2. The Morgan fingerprint density at radius 3 is 2.39 bits per heavy atom. The Kier molecular flexibility index (Phi) is 11.7. The molecule has 198 valence electrons. The van der Waals surface area contributed by atoms with E-state index < -0.39 is 16.1 Å². The maximum Gasteiger partial charge on any atom is 0.242 e. The summed E-state index contributed by atoms with van der Waals surface area (Å²) in [7, 11) is -3.58. The molecule has 1 N–H and O–H groups in total. The van der Waals surface area contributed by atoms with Gasteiger partial charge in [-0.1, -0.05) is 61.3 Å². The van der Waals surface area contributed by atoms with Crippen molar-refractivity contribution >= 4 is 39.1 Å². The Labute approximate surface area is 220 Å². The van der Waals surface area contributed by atoms with Gasteiger partial charge in [-0.15, -0.1) is 0 Å². The molecule has 1 atom stereocenters. The average Bonchev–Trinajstić information content (AvgIpc) is 2.83. The second kappa shape index (κ2) is 14.2. The topological polar surface area (TPSA) is 86.8 Å². The molecule has 2 rings (SSSR count). The molecular formula is C27H38ClN3O4S. The van der Waals surface area contributed by atoms with E-state index in [-0.39, 0.29) is 24.8 Å². The van der Waals surface area contributed by atoms with Gasteiger partial charge in [0.1, 0.15) is 6.04 Å². The highest BCUT2D eigenvalue weighted by Gasteiger charge is 2.26. The second-order valence-electron chi connectivity index (χ2n) is 9.01. The molecule has 9 heteroatoms. The molecule has 0 bridgehead atoms. The fourth-order valence-corrected chi connectivity index (χ4v) is 5.12. The summed E-state index contributed by atoms with van der Waals surface area (Å²) in [5.41, 5.74) is 2.36. The van der Waals surface area contributed by atoms with E-state index >= 15 is 0 Å². The fraction of sp³-hybridized carbons (Fsp3) is 0.481. The van der Waals surface area contributed by atoms with Crippen molar-refractivity contribution < 1.29 is 18.0 Å². The predicted molar refractivity (Wildman–Crippen MR) is 147 cm³/mol. The Bertz CT molecular complexity index is 1110. The SMILES string of the molecule is CCCCNC(=O)C(C)N(CCc1ccccc1)C(=O)CCCN(c1cc(Cl)ccc1C)S(C)(=O)=O. The van der Waals surface area contributed by atoms with Crippen LogP contribution in [0.15, 0.2) is 48.5 Å². The Balaban J connectivity index is 2.12. The van der Waals surface area contributed by atoms with E-state index in [1.54, 1.807) is 30.0 Å². The highest BCUT2D eigenvalue weighted by atomic mass is 35.5. The molecule has 7 nitrogen and oxygen atoms in total. The third-order valence-electron chi connectivity index (χ3n) is 6.07. The van der Waals surface area contributed by atoms with Gasteiger partial charge in [0, 0.05) is 31.1 Å². The summed E-state index contributed by atoms with van der Waals surface area (Å²) in [6, 6.07) is 14.3. The van der Waals surface area contributed by atoms with Crippen molar-refractivity contribution in [2.75, 3.05) is 30.2 Å². The van der Waals surface area contributed by atoms with Crippen LogP contribution >= 0.6 is 11.6 Å². The van der Waals surface area contributed by atoms with Crippen molar-refractivity contribution in [3.05, 3.63) is 64.7 Å². The predicted octanol–water partition coefficient (Wildman–Crippen LogP) is 4.57. The van der Waals surface area contributed by atoms with Crippen LogP contribution in [-0.2, 0) is 26.0 Å². The zero-order chi connectivity index (χ0) is 26.7. The molecule has 2 aromatic rings. The standard InChI is InChI=1S/C27H38ClN3O4S/c1-5-6-17-29-27(33)22(3)30(19-16-23-11-8-7-9-12-23)26(32)13-10-18-31(36(4,34)35)25-20-24(28)15-14-21(25)2/h7-9,11-12,14-15,20,22H,5-6,10,13,16-19H2,1-4H3,(H,29,33). The van der Waals surface area contributed by atoms with Gasteiger partial charge in [0.2, 0.25) is 21.8 Å². The lowest BCUT2D eigenvalue weighted by atomic mass is 10.1. The van der Waals surface area contributed by atoms with Gasteiger partial charge in [-0.05, 0) is 56.4 Å². The number of halogens is 1. The van der Waals surface area contributed by atoms with Gasteiger partial charge >= 0.3 is 0 Å². The highest BCUT2D eigenvalue weighted by molar-refractivity contribution is 7.92. The van der Waals surface area contributed by atoms with E-state index in [2.05, 4.69) is 12.2 Å². The summed E-state index contributed by atoms with van der Waals surface area (Å²) < 4.78 is 26.3. The smallest absolute Gasteiger partial charge is 0.242 e. The average molecular weight is 536 g/mol. The number of nitrogens with one attached hydrogen (secondary N) is 1. The molecule has 0 fully saturated rings.